The maximum atomic E-state index is 11.6. The quantitative estimate of drug-likeness (QED) is 0.916. The molecule has 4 nitrogen and oxygen atoms in total. The van der Waals surface area contributed by atoms with Crippen molar-refractivity contribution in [1.82, 2.24) is 9.88 Å². The lowest BCUT2D eigenvalue weighted by molar-refractivity contribution is -0.131. The fraction of sp³-hybridized carbons (Fsp3) is 0.556. The van der Waals surface area contributed by atoms with Crippen LogP contribution in [0.5, 0.6) is 0 Å². The van der Waals surface area contributed by atoms with Gasteiger partial charge in [-0.25, -0.2) is 4.98 Å². The molecule has 1 amide bonds. The van der Waals surface area contributed by atoms with Crippen LogP contribution in [0.1, 0.15) is 18.4 Å². The van der Waals surface area contributed by atoms with E-state index in [0.29, 0.717) is 13.0 Å². The molecule has 0 bridgehead atoms. The molecule has 16 heavy (non-hydrogen) atoms. The first-order valence-corrected chi connectivity index (χ1v) is 5.42. The number of rotatable bonds is 4. The number of thiazole rings is 1. The summed E-state index contributed by atoms with van der Waals surface area (Å²) in [5.74, 6) is -0.0253. The Morgan fingerprint density at radius 2 is 2.25 bits per heavy atom. The Bertz CT molecular complexity index is 295. The van der Waals surface area contributed by atoms with Gasteiger partial charge in [-0.15, -0.1) is 36.2 Å². The molecule has 0 spiro atoms. The fourth-order valence-corrected chi connectivity index (χ4v) is 1.74. The van der Waals surface area contributed by atoms with Crippen LogP contribution in [0.25, 0.3) is 0 Å². The van der Waals surface area contributed by atoms with E-state index in [1.54, 1.807) is 29.5 Å². The highest BCUT2D eigenvalue weighted by molar-refractivity contribution is 7.09. The highest BCUT2D eigenvalue weighted by atomic mass is 35.5. The van der Waals surface area contributed by atoms with Crippen molar-refractivity contribution >= 4 is 42.1 Å². The van der Waals surface area contributed by atoms with E-state index in [0.717, 1.165) is 5.01 Å². The van der Waals surface area contributed by atoms with Crippen LogP contribution in [0.15, 0.2) is 11.6 Å². The van der Waals surface area contributed by atoms with Gasteiger partial charge in [0.05, 0.1) is 12.6 Å². The number of amides is 1. The summed E-state index contributed by atoms with van der Waals surface area (Å²) in [5, 5.41) is 2.83. The van der Waals surface area contributed by atoms with Gasteiger partial charge in [-0.2, -0.15) is 0 Å². The van der Waals surface area contributed by atoms with Gasteiger partial charge in [-0.3, -0.25) is 4.79 Å². The summed E-state index contributed by atoms with van der Waals surface area (Å²) in [6.45, 7) is 2.45. The maximum absolute atomic E-state index is 11.6. The van der Waals surface area contributed by atoms with E-state index in [4.69, 9.17) is 5.73 Å². The first-order valence-electron chi connectivity index (χ1n) is 4.54. The number of halogens is 2. The Hall–Kier alpha value is -0.360. The van der Waals surface area contributed by atoms with Crippen molar-refractivity contribution in [1.29, 1.82) is 0 Å². The van der Waals surface area contributed by atoms with Crippen LogP contribution in [-0.4, -0.2) is 28.9 Å². The molecule has 0 aliphatic carbocycles. The van der Waals surface area contributed by atoms with E-state index in [1.165, 1.54) is 0 Å². The smallest absolute Gasteiger partial charge is 0.239 e. The highest BCUT2D eigenvalue weighted by Gasteiger charge is 2.16. The summed E-state index contributed by atoms with van der Waals surface area (Å²) in [4.78, 5) is 17.3. The number of nitrogens with zero attached hydrogens (tertiary/aromatic N) is 2. The number of nitrogens with two attached hydrogens (primary N) is 1. The molecule has 0 fully saturated rings. The minimum atomic E-state index is -0.389. The third kappa shape index (κ3) is 5.12. The van der Waals surface area contributed by atoms with Gasteiger partial charge >= 0.3 is 0 Å². The molecular weight excluding hydrogens is 269 g/mol. The monoisotopic (exact) mass is 285 g/mol. The van der Waals surface area contributed by atoms with Crippen molar-refractivity contribution in [2.75, 3.05) is 7.05 Å². The number of carbonyl (C=O) groups excluding carboxylic acids is 1. The Balaban J connectivity index is 0. The van der Waals surface area contributed by atoms with Gasteiger partial charge < -0.3 is 10.6 Å². The van der Waals surface area contributed by atoms with Crippen molar-refractivity contribution in [3.05, 3.63) is 16.6 Å². The number of carbonyl (C=O) groups is 1. The molecule has 7 heteroatoms. The fourth-order valence-electron chi connectivity index (χ4n) is 1.07. The second kappa shape index (κ2) is 8.75. The van der Waals surface area contributed by atoms with Crippen molar-refractivity contribution in [3.63, 3.8) is 0 Å². The van der Waals surface area contributed by atoms with Crippen LogP contribution in [0.4, 0.5) is 0 Å². The molecule has 1 atom stereocenters. The van der Waals surface area contributed by atoms with Crippen LogP contribution >= 0.6 is 36.2 Å². The van der Waals surface area contributed by atoms with Crippen molar-refractivity contribution in [2.45, 2.75) is 25.9 Å². The lowest BCUT2D eigenvalue weighted by atomic mass is 10.2. The number of hydrogen-bond acceptors (Lipinski definition) is 4. The first-order chi connectivity index (χ1) is 6.65. The molecule has 1 aromatic rings. The molecule has 0 saturated carbocycles. The van der Waals surface area contributed by atoms with Crippen LogP contribution < -0.4 is 5.73 Å². The topological polar surface area (TPSA) is 59.2 Å². The van der Waals surface area contributed by atoms with E-state index in [-0.39, 0.29) is 36.8 Å². The zero-order chi connectivity index (χ0) is 10.6. The predicted octanol–water partition coefficient (Wildman–Crippen LogP) is 1.68. The Morgan fingerprint density at radius 3 is 2.69 bits per heavy atom. The summed E-state index contributed by atoms with van der Waals surface area (Å²) in [7, 11) is 1.75. The molecule has 94 valence electrons. The van der Waals surface area contributed by atoms with Crippen molar-refractivity contribution in [2.24, 2.45) is 5.73 Å². The van der Waals surface area contributed by atoms with Gasteiger partial charge in [0.2, 0.25) is 5.91 Å². The number of aromatic nitrogens is 1. The van der Waals surface area contributed by atoms with Crippen LogP contribution in [-0.2, 0) is 11.3 Å². The molecule has 1 aromatic heterocycles. The maximum Gasteiger partial charge on any atom is 0.239 e. The zero-order valence-electron chi connectivity index (χ0n) is 9.25. The Morgan fingerprint density at radius 1 is 1.62 bits per heavy atom. The van der Waals surface area contributed by atoms with E-state index in [9.17, 15) is 4.79 Å². The van der Waals surface area contributed by atoms with Crippen molar-refractivity contribution < 1.29 is 4.79 Å². The van der Waals surface area contributed by atoms with Gasteiger partial charge in [0, 0.05) is 18.6 Å². The molecule has 0 unspecified atom stereocenters. The normalized spacial score (nSPS) is 10.9. The van der Waals surface area contributed by atoms with Gasteiger partial charge in [0.25, 0.3) is 0 Å². The average Bonchev–Trinajstić information content (AvgIpc) is 2.68. The largest absolute Gasteiger partial charge is 0.338 e. The van der Waals surface area contributed by atoms with Gasteiger partial charge in [-0.1, -0.05) is 6.92 Å². The predicted molar refractivity (Wildman–Crippen MR) is 71.4 cm³/mol. The molecule has 0 saturated heterocycles. The SMILES string of the molecule is CC[C@H](N)C(=O)N(C)Cc1nccs1.Cl.Cl. The zero-order valence-corrected chi connectivity index (χ0v) is 11.7. The second-order valence-electron chi connectivity index (χ2n) is 3.13. The first kappa shape index (κ1) is 18.0. The Labute approximate surface area is 112 Å². The summed E-state index contributed by atoms with van der Waals surface area (Å²) < 4.78 is 0. The molecule has 2 N–H and O–H groups in total. The van der Waals surface area contributed by atoms with E-state index in [1.807, 2.05) is 12.3 Å². The summed E-state index contributed by atoms with van der Waals surface area (Å²) in [6, 6.07) is -0.389. The summed E-state index contributed by atoms with van der Waals surface area (Å²) in [5.41, 5.74) is 5.64. The third-order valence-electron chi connectivity index (χ3n) is 1.99. The molecule has 1 heterocycles. The van der Waals surface area contributed by atoms with Gasteiger partial charge in [0.15, 0.2) is 0 Å². The van der Waals surface area contributed by atoms with Crippen LogP contribution in [0, 0.1) is 0 Å². The lowest BCUT2D eigenvalue weighted by Gasteiger charge is -2.19. The minimum absolute atomic E-state index is 0. The minimum Gasteiger partial charge on any atom is -0.338 e. The molecule has 0 aliphatic rings. The van der Waals surface area contributed by atoms with Crippen LogP contribution in [0.3, 0.4) is 0 Å². The van der Waals surface area contributed by atoms with E-state index in [2.05, 4.69) is 4.98 Å². The van der Waals surface area contributed by atoms with Gasteiger partial charge in [0.1, 0.15) is 5.01 Å². The van der Waals surface area contributed by atoms with Crippen molar-refractivity contribution in [3.8, 4) is 0 Å². The van der Waals surface area contributed by atoms with E-state index < -0.39 is 0 Å². The molecular formula is C9H17Cl2N3OS. The summed E-state index contributed by atoms with van der Waals surface area (Å²) in [6.07, 6.45) is 2.40. The molecule has 1 rings (SSSR count). The van der Waals surface area contributed by atoms with Crippen LogP contribution in [0.2, 0.25) is 0 Å². The standard InChI is InChI=1S/C9H15N3OS.2ClH/c1-3-7(10)9(13)12(2)6-8-11-4-5-14-8;;/h4-5,7H,3,6,10H2,1-2H3;2*1H/t7-;;/m0../s1. The number of likely N-dealkylation sites (N-methyl/N-ethyl adjacent to an activating group) is 1. The Kier molecular flexibility index (Phi) is 9.86. The lowest BCUT2D eigenvalue weighted by Crippen LogP contribution is -2.40. The van der Waals surface area contributed by atoms with E-state index >= 15 is 0 Å². The second-order valence-corrected chi connectivity index (χ2v) is 4.11. The summed E-state index contributed by atoms with van der Waals surface area (Å²) >= 11 is 1.54. The highest BCUT2D eigenvalue weighted by Crippen LogP contribution is 2.07. The molecule has 0 aliphatic heterocycles. The molecule has 0 radical (unpaired) electrons. The third-order valence-corrected chi connectivity index (χ3v) is 2.75. The molecule has 0 aromatic carbocycles. The number of hydrogen-bond donors (Lipinski definition) is 1. The van der Waals surface area contributed by atoms with Gasteiger partial charge in [-0.05, 0) is 6.42 Å². The average molecular weight is 286 g/mol.